The third-order valence-electron chi connectivity index (χ3n) is 5.78. The molecule has 0 amide bonds. The van der Waals surface area contributed by atoms with Crippen LogP contribution in [-0.2, 0) is 0 Å². The Balaban J connectivity index is 0.00000216. The molecule has 0 atom stereocenters. The van der Waals surface area contributed by atoms with Crippen LogP contribution in [-0.4, -0.2) is 10.9 Å². The van der Waals surface area contributed by atoms with E-state index in [-0.39, 0.29) is 12.4 Å². The number of nitrogens with one attached hydrogen (secondary N) is 2. The van der Waals surface area contributed by atoms with Crippen LogP contribution in [0.1, 0.15) is 11.1 Å². The molecule has 1 aliphatic rings. The van der Waals surface area contributed by atoms with Crippen molar-refractivity contribution in [2.75, 3.05) is 5.32 Å². The highest BCUT2D eigenvalue weighted by molar-refractivity contribution is 6.10. The molecule has 156 valence electrons. The summed E-state index contributed by atoms with van der Waals surface area (Å²) in [7, 11) is 0. The van der Waals surface area contributed by atoms with Crippen LogP contribution < -0.4 is 11.1 Å². The summed E-state index contributed by atoms with van der Waals surface area (Å²) in [6.07, 6.45) is 4.28. The van der Waals surface area contributed by atoms with Gasteiger partial charge in [0.15, 0.2) is 5.96 Å². The van der Waals surface area contributed by atoms with Gasteiger partial charge in [0.1, 0.15) is 0 Å². The summed E-state index contributed by atoms with van der Waals surface area (Å²) >= 11 is 0. The van der Waals surface area contributed by atoms with E-state index in [1.54, 1.807) is 0 Å². The van der Waals surface area contributed by atoms with Crippen LogP contribution in [0.4, 0.5) is 11.4 Å². The van der Waals surface area contributed by atoms with Gasteiger partial charge in [-0.3, -0.25) is 0 Å². The molecule has 1 aliphatic carbocycles. The Morgan fingerprint density at radius 2 is 1.59 bits per heavy atom. The van der Waals surface area contributed by atoms with E-state index in [1.165, 1.54) is 21.9 Å². The van der Waals surface area contributed by atoms with Crippen LogP contribution in [0.5, 0.6) is 0 Å². The number of nitrogens with zero attached hydrogens (tertiary/aromatic N) is 1. The van der Waals surface area contributed by atoms with Crippen molar-refractivity contribution < 1.29 is 0 Å². The summed E-state index contributed by atoms with van der Waals surface area (Å²) in [5.41, 5.74) is 13.8. The van der Waals surface area contributed by atoms with Crippen molar-refractivity contribution in [2.45, 2.75) is 0 Å². The lowest BCUT2D eigenvalue weighted by Gasteiger charge is -2.11. The van der Waals surface area contributed by atoms with E-state index >= 15 is 0 Å². The molecule has 0 unspecified atom stereocenters. The second-order valence-electron chi connectivity index (χ2n) is 7.71. The summed E-state index contributed by atoms with van der Waals surface area (Å²) in [4.78, 5) is 8.21. The Hall–Kier alpha value is -4.02. The fraction of sp³-hybridized carbons (Fsp3) is 0. The Morgan fingerprint density at radius 1 is 0.812 bits per heavy atom. The highest BCUT2D eigenvalue weighted by Gasteiger charge is 2.12. The Morgan fingerprint density at radius 3 is 2.47 bits per heavy atom. The molecule has 4 nitrogen and oxygen atoms in total. The van der Waals surface area contributed by atoms with E-state index in [4.69, 9.17) is 10.7 Å². The second kappa shape index (κ2) is 7.91. The van der Waals surface area contributed by atoms with Crippen LogP contribution in [0.3, 0.4) is 0 Å². The Bertz CT molecular complexity index is 1480. The van der Waals surface area contributed by atoms with E-state index < -0.39 is 0 Å². The van der Waals surface area contributed by atoms with Gasteiger partial charge in [0, 0.05) is 27.5 Å². The van der Waals surface area contributed by atoms with Crippen molar-refractivity contribution in [2.24, 2.45) is 10.7 Å². The predicted octanol–water partition coefficient (Wildman–Crippen LogP) is 6.95. The average Bonchev–Trinajstić information content (AvgIpc) is 3.41. The fourth-order valence-corrected chi connectivity index (χ4v) is 4.34. The molecule has 0 saturated heterocycles. The highest BCUT2D eigenvalue weighted by Crippen LogP contribution is 2.36. The number of aliphatic imine (C=N–C) groups is 1. The maximum absolute atomic E-state index is 6.36. The first kappa shape index (κ1) is 19.9. The monoisotopic (exact) mass is 436 g/mol. The first-order valence-electron chi connectivity index (χ1n) is 10.3. The number of aromatic amines is 1. The van der Waals surface area contributed by atoms with Gasteiger partial charge in [-0.25, -0.2) is 4.99 Å². The molecule has 1 heterocycles. The molecule has 5 aromatic rings. The molecule has 5 heteroatoms. The van der Waals surface area contributed by atoms with Gasteiger partial charge in [-0.15, -0.1) is 12.4 Å². The molecule has 0 bridgehead atoms. The van der Waals surface area contributed by atoms with Crippen LogP contribution in [0, 0.1) is 0 Å². The summed E-state index contributed by atoms with van der Waals surface area (Å²) < 4.78 is 0. The number of hydrogen-bond acceptors (Lipinski definition) is 1. The number of halogens is 1. The number of anilines is 1. The number of rotatable bonds is 3. The molecule has 0 saturated carbocycles. The predicted molar refractivity (Wildman–Crippen MR) is 139 cm³/mol. The standard InChI is InChI=1S/C27H20N4.ClH/c28-27(31-24-15-14-18-13-12-17-7-5-9-21(24)26(17)18)30-23-11-4-2-8-20(23)25-16-19-6-1-3-10-22(19)29-25;/h1-16,29H,(H3,28,30,31);1H. The third-order valence-corrected chi connectivity index (χ3v) is 5.78. The van der Waals surface area contributed by atoms with Gasteiger partial charge in [0.05, 0.1) is 11.4 Å². The lowest BCUT2D eigenvalue weighted by atomic mass is 10.0. The number of H-pyrrole nitrogens is 1. The number of aromatic nitrogens is 1. The van der Waals surface area contributed by atoms with Gasteiger partial charge in [0.25, 0.3) is 0 Å². The summed E-state index contributed by atoms with van der Waals surface area (Å²) in [5, 5.41) is 6.82. The second-order valence-corrected chi connectivity index (χ2v) is 7.71. The zero-order valence-corrected chi connectivity index (χ0v) is 18.0. The van der Waals surface area contributed by atoms with Crippen LogP contribution >= 0.6 is 12.4 Å². The number of benzene rings is 4. The largest absolute Gasteiger partial charge is 0.369 e. The van der Waals surface area contributed by atoms with E-state index in [1.807, 2.05) is 36.4 Å². The molecule has 0 aliphatic heterocycles. The normalized spacial score (nSPS) is 12.3. The molecule has 4 N–H and O–H groups in total. The first-order chi connectivity index (χ1) is 15.3. The van der Waals surface area contributed by atoms with E-state index in [9.17, 15) is 0 Å². The van der Waals surface area contributed by atoms with E-state index in [0.29, 0.717) is 5.96 Å². The molecule has 0 spiro atoms. The maximum atomic E-state index is 6.36. The zero-order chi connectivity index (χ0) is 20.8. The van der Waals surface area contributed by atoms with Crippen molar-refractivity contribution in [3.63, 3.8) is 0 Å². The smallest absolute Gasteiger partial charge is 0.198 e. The van der Waals surface area contributed by atoms with Gasteiger partial charge in [0.2, 0.25) is 0 Å². The first-order valence-corrected chi connectivity index (χ1v) is 10.3. The van der Waals surface area contributed by atoms with Gasteiger partial charge in [-0.2, -0.15) is 0 Å². The molecular weight excluding hydrogens is 416 g/mol. The van der Waals surface area contributed by atoms with Crippen molar-refractivity contribution in [3.05, 3.63) is 96.1 Å². The molecule has 0 radical (unpaired) electrons. The molecular formula is C27H21ClN4. The number of hydrogen-bond donors (Lipinski definition) is 3. The minimum Gasteiger partial charge on any atom is -0.369 e. The molecule has 4 aromatic carbocycles. The lowest BCUT2D eigenvalue weighted by molar-refractivity contribution is 1.43. The topological polar surface area (TPSA) is 66.2 Å². The number of para-hydroxylation sites is 2. The summed E-state index contributed by atoms with van der Waals surface area (Å²) in [5.74, 6) is 0.357. The van der Waals surface area contributed by atoms with Crippen LogP contribution in [0.25, 0.3) is 45.1 Å². The molecule has 6 rings (SSSR count). The SMILES string of the molecule is Cl.NC(=Nc1ccc2c3c(cccc13)C=C2)Nc1ccccc1-c1cc2ccccc2[nH]1. The van der Waals surface area contributed by atoms with Crippen molar-refractivity contribution in [1.29, 1.82) is 0 Å². The number of nitrogens with two attached hydrogens (primary N) is 1. The van der Waals surface area contributed by atoms with Crippen molar-refractivity contribution >= 4 is 63.6 Å². The minimum atomic E-state index is 0. The zero-order valence-electron chi connectivity index (χ0n) is 17.2. The third kappa shape index (κ3) is 3.31. The Labute approximate surface area is 191 Å². The summed E-state index contributed by atoms with van der Waals surface area (Å²) in [6, 6.07) is 28.9. The highest BCUT2D eigenvalue weighted by atomic mass is 35.5. The van der Waals surface area contributed by atoms with Gasteiger partial charge < -0.3 is 16.0 Å². The van der Waals surface area contributed by atoms with Crippen LogP contribution in [0.2, 0.25) is 0 Å². The van der Waals surface area contributed by atoms with Crippen LogP contribution in [0.15, 0.2) is 89.9 Å². The van der Waals surface area contributed by atoms with E-state index in [2.05, 4.69) is 71.0 Å². The van der Waals surface area contributed by atoms with Gasteiger partial charge >= 0.3 is 0 Å². The van der Waals surface area contributed by atoms with Crippen molar-refractivity contribution in [3.8, 4) is 11.3 Å². The summed E-state index contributed by atoms with van der Waals surface area (Å²) in [6.45, 7) is 0. The average molecular weight is 437 g/mol. The molecule has 1 aromatic heterocycles. The van der Waals surface area contributed by atoms with Gasteiger partial charge in [-0.05, 0) is 40.8 Å². The lowest BCUT2D eigenvalue weighted by Crippen LogP contribution is -2.22. The molecule has 0 fully saturated rings. The number of fused-ring (bicyclic) bond motifs is 1. The number of guanidine groups is 1. The molecule has 32 heavy (non-hydrogen) atoms. The fourth-order valence-electron chi connectivity index (χ4n) is 4.34. The van der Waals surface area contributed by atoms with Crippen molar-refractivity contribution in [1.82, 2.24) is 4.98 Å². The minimum absolute atomic E-state index is 0. The van der Waals surface area contributed by atoms with Gasteiger partial charge in [-0.1, -0.05) is 72.8 Å². The quantitative estimate of drug-likeness (QED) is 0.207. The Kier molecular flexibility index (Phi) is 4.92. The maximum Gasteiger partial charge on any atom is 0.198 e. The van der Waals surface area contributed by atoms with E-state index in [0.717, 1.165) is 33.5 Å².